The molecule has 0 radical (unpaired) electrons. The zero-order chi connectivity index (χ0) is 11.4. The molecule has 0 fully saturated rings. The van der Waals surface area contributed by atoms with Crippen LogP contribution in [-0.4, -0.2) is 11.2 Å². The van der Waals surface area contributed by atoms with Gasteiger partial charge < -0.3 is 5.11 Å². The van der Waals surface area contributed by atoms with Gasteiger partial charge in [0.2, 0.25) is 0 Å². The third-order valence-electron chi connectivity index (χ3n) is 2.87. The molecule has 1 rings (SSSR count). The van der Waals surface area contributed by atoms with Crippen molar-refractivity contribution in [1.29, 1.82) is 0 Å². The molecule has 84 valence electrons. The first-order valence-electron chi connectivity index (χ1n) is 5.78. The lowest BCUT2D eigenvalue weighted by molar-refractivity contribution is 0.176. The fraction of sp³-hybridized carbons (Fsp3) is 0.571. The molecular weight excluding hydrogens is 184 g/mol. The molecule has 1 N–H and O–H groups in total. The van der Waals surface area contributed by atoms with Gasteiger partial charge >= 0.3 is 0 Å². The van der Waals surface area contributed by atoms with Gasteiger partial charge in [-0.05, 0) is 36.3 Å². The topological polar surface area (TPSA) is 20.2 Å². The lowest BCUT2D eigenvalue weighted by atomic mass is 9.93. The number of hydrogen-bond acceptors (Lipinski definition) is 1. The van der Waals surface area contributed by atoms with Gasteiger partial charge in [-0.25, -0.2) is 0 Å². The van der Waals surface area contributed by atoms with Crippen LogP contribution >= 0.6 is 0 Å². The van der Waals surface area contributed by atoms with Gasteiger partial charge in [-0.1, -0.05) is 45.0 Å². The fourth-order valence-corrected chi connectivity index (χ4v) is 1.86. The fourth-order valence-electron chi connectivity index (χ4n) is 1.86. The van der Waals surface area contributed by atoms with Gasteiger partial charge in [0.1, 0.15) is 0 Å². The van der Waals surface area contributed by atoms with Crippen LogP contribution in [0.2, 0.25) is 0 Å². The molecule has 0 aliphatic carbocycles. The van der Waals surface area contributed by atoms with Crippen LogP contribution in [0.5, 0.6) is 0 Å². The molecule has 0 aliphatic rings. The van der Waals surface area contributed by atoms with Crippen LogP contribution in [0, 0.1) is 0 Å². The van der Waals surface area contributed by atoms with E-state index in [1.807, 2.05) is 6.92 Å². The Morgan fingerprint density at radius 1 is 0.933 bits per heavy atom. The molecule has 15 heavy (non-hydrogen) atoms. The maximum Gasteiger partial charge on any atom is 0.0517 e. The van der Waals surface area contributed by atoms with E-state index in [4.69, 9.17) is 0 Å². The van der Waals surface area contributed by atoms with Gasteiger partial charge in [0.05, 0.1) is 6.10 Å². The van der Waals surface area contributed by atoms with Gasteiger partial charge in [-0.15, -0.1) is 0 Å². The number of hydrogen-bond donors (Lipinski definition) is 1. The normalized spacial score (nSPS) is 15.3. The predicted molar refractivity (Wildman–Crippen MR) is 65.2 cm³/mol. The number of aliphatic hydroxyl groups excluding tert-OH is 1. The maximum atomic E-state index is 9.33. The summed E-state index contributed by atoms with van der Waals surface area (Å²) in [5.74, 6) is 1.03. The second-order valence-corrected chi connectivity index (χ2v) is 4.81. The third-order valence-corrected chi connectivity index (χ3v) is 2.87. The van der Waals surface area contributed by atoms with E-state index in [0.717, 1.165) is 6.42 Å². The van der Waals surface area contributed by atoms with E-state index in [0.29, 0.717) is 11.8 Å². The smallest absolute Gasteiger partial charge is 0.0517 e. The average Bonchev–Trinajstić information content (AvgIpc) is 2.17. The van der Waals surface area contributed by atoms with Crippen LogP contribution in [0.1, 0.15) is 57.1 Å². The maximum absolute atomic E-state index is 9.33. The zero-order valence-electron chi connectivity index (χ0n) is 10.2. The first-order valence-corrected chi connectivity index (χ1v) is 5.78. The van der Waals surface area contributed by atoms with E-state index in [2.05, 4.69) is 45.0 Å². The van der Waals surface area contributed by atoms with Crippen LogP contribution in [0.25, 0.3) is 0 Å². The molecule has 0 amide bonds. The molecule has 0 aromatic heterocycles. The van der Waals surface area contributed by atoms with Gasteiger partial charge in [0.15, 0.2) is 0 Å². The zero-order valence-corrected chi connectivity index (χ0v) is 10.2. The summed E-state index contributed by atoms with van der Waals surface area (Å²) in [6.45, 7) is 8.42. The van der Waals surface area contributed by atoms with Crippen LogP contribution in [0.15, 0.2) is 24.3 Å². The Balaban J connectivity index is 2.71. The highest BCUT2D eigenvalue weighted by atomic mass is 16.3. The van der Waals surface area contributed by atoms with Gasteiger partial charge in [0, 0.05) is 0 Å². The second kappa shape index (κ2) is 5.32. The first-order chi connectivity index (χ1) is 7.00. The Hall–Kier alpha value is -0.820. The summed E-state index contributed by atoms with van der Waals surface area (Å²) in [5, 5.41) is 9.33. The van der Waals surface area contributed by atoms with E-state index >= 15 is 0 Å². The molecule has 1 aromatic rings. The molecule has 1 nitrogen and oxygen atoms in total. The van der Waals surface area contributed by atoms with Crippen molar-refractivity contribution in [3.05, 3.63) is 35.4 Å². The van der Waals surface area contributed by atoms with Crippen molar-refractivity contribution in [3.8, 4) is 0 Å². The molecule has 1 heteroatoms. The molecule has 0 aliphatic heterocycles. The lowest BCUT2D eigenvalue weighted by Gasteiger charge is -2.14. The van der Waals surface area contributed by atoms with E-state index in [9.17, 15) is 5.11 Å². The van der Waals surface area contributed by atoms with Crippen molar-refractivity contribution in [2.24, 2.45) is 0 Å². The molecule has 2 atom stereocenters. The SMILES string of the molecule is CC(O)CC(C)c1ccc(C(C)C)cc1. The third kappa shape index (κ3) is 3.67. The highest BCUT2D eigenvalue weighted by molar-refractivity contribution is 5.26. The Morgan fingerprint density at radius 2 is 1.40 bits per heavy atom. The van der Waals surface area contributed by atoms with Crippen LogP contribution < -0.4 is 0 Å². The first kappa shape index (κ1) is 12.3. The molecular formula is C14H22O. The van der Waals surface area contributed by atoms with Crippen molar-refractivity contribution < 1.29 is 5.11 Å². The molecule has 0 bridgehead atoms. The lowest BCUT2D eigenvalue weighted by Crippen LogP contribution is -2.05. The summed E-state index contributed by atoms with van der Waals surface area (Å²) in [7, 11) is 0. The molecule has 0 saturated heterocycles. The quantitative estimate of drug-likeness (QED) is 0.796. The standard InChI is InChI=1S/C14H22O/c1-10(2)13-5-7-14(8-6-13)11(3)9-12(4)15/h5-8,10-12,15H,9H2,1-4H3. The molecule has 0 spiro atoms. The monoisotopic (exact) mass is 206 g/mol. The summed E-state index contributed by atoms with van der Waals surface area (Å²) in [5.41, 5.74) is 2.70. The van der Waals surface area contributed by atoms with Crippen molar-refractivity contribution in [1.82, 2.24) is 0 Å². The molecule has 1 aromatic carbocycles. The van der Waals surface area contributed by atoms with E-state index in [-0.39, 0.29) is 6.10 Å². The Morgan fingerprint density at radius 3 is 1.80 bits per heavy atom. The minimum absolute atomic E-state index is 0.218. The minimum Gasteiger partial charge on any atom is -0.393 e. The van der Waals surface area contributed by atoms with Gasteiger partial charge in [0.25, 0.3) is 0 Å². The van der Waals surface area contributed by atoms with Crippen molar-refractivity contribution in [2.75, 3.05) is 0 Å². The second-order valence-electron chi connectivity index (χ2n) is 4.81. The van der Waals surface area contributed by atoms with Crippen LogP contribution in [0.3, 0.4) is 0 Å². The summed E-state index contributed by atoms with van der Waals surface area (Å²) in [4.78, 5) is 0. The van der Waals surface area contributed by atoms with Gasteiger partial charge in [-0.3, -0.25) is 0 Å². The predicted octanol–water partition coefficient (Wildman–Crippen LogP) is 3.68. The number of aliphatic hydroxyl groups is 1. The average molecular weight is 206 g/mol. The number of benzene rings is 1. The van der Waals surface area contributed by atoms with Crippen molar-refractivity contribution in [3.63, 3.8) is 0 Å². The van der Waals surface area contributed by atoms with Crippen LogP contribution in [0.4, 0.5) is 0 Å². The largest absolute Gasteiger partial charge is 0.393 e. The van der Waals surface area contributed by atoms with E-state index in [1.54, 1.807) is 0 Å². The Bertz CT molecular complexity index is 285. The van der Waals surface area contributed by atoms with Gasteiger partial charge in [-0.2, -0.15) is 0 Å². The Labute approximate surface area is 93.1 Å². The van der Waals surface area contributed by atoms with Crippen molar-refractivity contribution in [2.45, 2.75) is 52.1 Å². The van der Waals surface area contributed by atoms with E-state index in [1.165, 1.54) is 11.1 Å². The summed E-state index contributed by atoms with van der Waals surface area (Å²) in [6.07, 6.45) is 0.617. The minimum atomic E-state index is -0.218. The summed E-state index contributed by atoms with van der Waals surface area (Å²) < 4.78 is 0. The van der Waals surface area contributed by atoms with Crippen LogP contribution in [-0.2, 0) is 0 Å². The Kier molecular flexibility index (Phi) is 4.34. The highest BCUT2D eigenvalue weighted by Gasteiger charge is 2.08. The number of rotatable bonds is 4. The summed E-state index contributed by atoms with van der Waals surface area (Å²) >= 11 is 0. The molecule has 0 heterocycles. The summed E-state index contributed by atoms with van der Waals surface area (Å²) in [6, 6.07) is 8.75. The molecule has 0 saturated carbocycles. The highest BCUT2D eigenvalue weighted by Crippen LogP contribution is 2.23. The molecule has 2 unspecified atom stereocenters. The van der Waals surface area contributed by atoms with Crippen molar-refractivity contribution >= 4 is 0 Å². The van der Waals surface area contributed by atoms with E-state index < -0.39 is 0 Å².